The molecule has 8 atom stereocenters. The van der Waals surface area contributed by atoms with Crippen LogP contribution in [0.2, 0.25) is 0 Å². The molecule has 0 aromatic carbocycles. The zero-order valence-electron chi connectivity index (χ0n) is 36.2. The smallest absolute Gasteiger partial charge is 0.139 e. The van der Waals surface area contributed by atoms with Crippen LogP contribution in [0.15, 0.2) is 0 Å². The molecule has 0 aromatic rings. The summed E-state index contributed by atoms with van der Waals surface area (Å²) in [6.07, 6.45) is 32.8. The summed E-state index contributed by atoms with van der Waals surface area (Å²) < 4.78 is 5.82. The van der Waals surface area contributed by atoms with Crippen molar-refractivity contribution in [3.63, 3.8) is 0 Å². The van der Waals surface area contributed by atoms with Gasteiger partial charge in [0.25, 0.3) is 0 Å². The average Bonchev–Trinajstić information content (AvgIpc) is 3.50. The number of carbonyl (C=O) groups is 1. The maximum Gasteiger partial charge on any atom is 0.139 e. The van der Waals surface area contributed by atoms with Crippen LogP contribution in [0.1, 0.15) is 224 Å². The molecule has 0 radical (unpaired) electrons. The monoisotopic (exact) mass is 721 g/mol. The first kappa shape index (κ1) is 48.0. The predicted molar refractivity (Wildman–Crippen MR) is 226 cm³/mol. The van der Waals surface area contributed by atoms with Crippen LogP contribution in [-0.4, -0.2) is 28.5 Å². The largest absolute Gasteiger partial charge is 0.375 e. The summed E-state index contributed by atoms with van der Waals surface area (Å²) in [6.45, 7) is 24.0. The predicted octanol–water partition coefficient (Wildman–Crippen LogP) is 15.5. The van der Waals surface area contributed by atoms with Crippen molar-refractivity contribution in [3.05, 3.63) is 0 Å². The number of rotatable bonds is 0. The Hall–Kier alpha value is -0.0200. The van der Waals surface area contributed by atoms with Crippen molar-refractivity contribution in [2.75, 3.05) is 0 Å². The molecule has 3 aliphatic heterocycles. The van der Waals surface area contributed by atoms with E-state index in [9.17, 15) is 4.79 Å². The molecule has 7 saturated carbocycles. The fraction of sp³-hybridized carbons (Fsp3) is 0.979. The molecule has 10 fully saturated rings. The Balaban J connectivity index is 0.000000328. The quantitative estimate of drug-likeness (QED) is 0.249. The normalized spacial score (nSPS) is 38.9. The highest BCUT2D eigenvalue weighted by atomic mass is 32.2. The second kappa shape index (κ2) is 28.4. The van der Waals surface area contributed by atoms with E-state index in [1.54, 1.807) is 32.1 Å². The van der Waals surface area contributed by atoms with E-state index in [2.05, 4.69) is 11.8 Å². The number of hydrogen-bond donors (Lipinski definition) is 0. The highest BCUT2D eigenvalue weighted by molar-refractivity contribution is 8.00. The van der Waals surface area contributed by atoms with Crippen molar-refractivity contribution >= 4 is 17.5 Å². The van der Waals surface area contributed by atoms with Crippen molar-refractivity contribution < 1.29 is 9.53 Å². The summed E-state index contributed by atoms with van der Waals surface area (Å²) in [7, 11) is 0. The minimum Gasteiger partial charge on any atom is -0.375 e. The molecule has 8 unspecified atom stereocenters. The topological polar surface area (TPSA) is 26.3 Å². The van der Waals surface area contributed by atoms with Crippen molar-refractivity contribution in [1.82, 2.24) is 0 Å². The fourth-order valence-electron chi connectivity index (χ4n) is 11.4. The van der Waals surface area contributed by atoms with Crippen LogP contribution in [0.4, 0.5) is 0 Å². The van der Waals surface area contributed by atoms with Gasteiger partial charge in [-0.15, -0.1) is 0 Å². The Bertz CT molecular complexity index is 688. The number of thioether (sulfide) groups is 1. The van der Waals surface area contributed by atoms with E-state index in [-0.39, 0.29) is 0 Å². The minimum atomic E-state index is 0.497. The third kappa shape index (κ3) is 13.7. The second-order valence-electron chi connectivity index (χ2n) is 15.3. The highest BCUT2D eigenvalue weighted by Gasteiger charge is 2.50. The molecule has 0 amide bonds. The molecule has 0 N–H and O–H groups in total. The molecule has 7 aliphatic carbocycles. The van der Waals surface area contributed by atoms with Crippen molar-refractivity contribution in [3.8, 4) is 0 Å². The lowest BCUT2D eigenvalue weighted by Crippen LogP contribution is -2.45. The van der Waals surface area contributed by atoms with Gasteiger partial charge in [0.1, 0.15) is 5.78 Å². The Morgan fingerprint density at radius 2 is 0.760 bits per heavy atom. The van der Waals surface area contributed by atoms with Gasteiger partial charge in [-0.05, 0) is 125 Å². The molecular formula is C47H92O2S. The Kier molecular flexibility index (Phi) is 27.3. The molecule has 298 valence electrons. The van der Waals surface area contributed by atoms with Gasteiger partial charge >= 0.3 is 0 Å². The molecular weight excluding hydrogens is 629 g/mol. The number of carbonyl (C=O) groups excluding carboxylic acids is 1. The van der Waals surface area contributed by atoms with Gasteiger partial charge in [-0.25, -0.2) is 0 Å². The first-order valence-corrected chi connectivity index (χ1v) is 24.5. The molecule has 3 heteroatoms. The number of Topliss-reactive ketones (excluding diaryl/α,β-unsaturated/α-hetero) is 1. The SMILES string of the molecule is C1C2CC3CC1CC(C2)O3.C1CCC2SC3CCCCC3CC2C1.CC.CC.CC.CC.CC.CC.O=C1C2CCCCC2C2CCCCC12. The lowest BCUT2D eigenvalue weighted by Gasteiger charge is -2.49. The van der Waals surface area contributed by atoms with Gasteiger partial charge in [-0.3, -0.25) is 4.79 Å². The summed E-state index contributed by atoms with van der Waals surface area (Å²) in [5, 5.41) is 2.14. The maximum absolute atomic E-state index is 12.2. The van der Waals surface area contributed by atoms with Crippen LogP contribution < -0.4 is 0 Å². The molecule has 4 bridgehead atoms. The van der Waals surface area contributed by atoms with E-state index < -0.39 is 0 Å². The van der Waals surface area contributed by atoms with Gasteiger partial charge < -0.3 is 4.74 Å². The number of ether oxygens (including phenoxy) is 1. The first-order valence-electron chi connectivity index (χ1n) is 23.6. The van der Waals surface area contributed by atoms with E-state index in [4.69, 9.17) is 4.74 Å². The lowest BCUT2D eigenvalue weighted by molar-refractivity contribution is -0.154. The van der Waals surface area contributed by atoms with E-state index in [1.165, 1.54) is 109 Å². The van der Waals surface area contributed by atoms with Gasteiger partial charge in [0.05, 0.1) is 12.2 Å². The molecule has 10 aliphatic rings. The van der Waals surface area contributed by atoms with Gasteiger partial charge in [0, 0.05) is 22.3 Å². The van der Waals surface area contributed by atoms with Gasteiger partial charge in [-0.2, -0.15) is 11.8 Å². The van der Waals surface area contributed by atoms with Gasteiger partial charge in [0.15, 0.2) is 0 Å². The standard InChI is InChI=1S/C13H20O.C13H22S.C9H14O.6C2H6/c14-13-11-7-3-1-5-9(11)10-6-2-4-8-12(10)13;1-3-7-12-10(5-1)9-11-6-2-4-8-13(11)14-12;1-6-2-8-4-7(1)5-9(3-6)10-8;6*1-2/h9-12H,1-8H2;10-13H,1-9H2;6-9H,1-5H2;6*1-2H3. The second-order valence-corrected chi connectivity index (χ2v) is 16.8. The number of fused-ring (bicyclic) bond motifs is 5. The molecule has 50 heavy (non-hydrogen) atoms. The lowest BCUT2D eigenvalue weighted by atomic mass is 9.67. The van der Waals surface area contributed by atoms with Crippen LogP contribution >= 0.6 is 11.8 Å². The third-order valence-corrected chi connectivity index (χ3v) is 14.9. The van der Waals surface area contributed by atoms with Crippen LogP contribution in [0.3, 0.4) is 0 Å². The highest BCUT2D eigenvalue weighted by Crippen LogP contribution is 2.53. The molecule has 3 heterocycles. The molecule has 0 spiro atoms. The van der Waals surface area contributed by atoms with E-state index in [0.29, 0.717) is 29.8 Å². The number of hydrogen-bond acceptors (Lipinski definition) is 3. The van der Waals surface area contributed by atoms with Gasteiger partial charge in [-0.1, -0.05) is 134 Å². The Morgan fingerprint density at radius 3 is 1.14 bits per heavy atom. The summed E-state index contributed by atoms with van der Waals surface area (Å²) in [4.78, 5) is 12.2. The van der Waals surface area contributed by atoms with Crippen molar-refractivity contribution in [2.45, 2.75) is 247 Å². The summed E-state index contributed by atoms with van der Waals surface area (Å²) in [5.41, 5.74) is 0. The fourth-order valence-corrected chi connectivity index (χ4v) is 13.4. The summed E-state index contributed by atoms with van der Waals surface area (Å²) >= 11 is 2.40. The zero-order chi connectivity index (χ0) is 37.5. The molecule has 0 aromatic heterocycles. The average molecular weight is 721 g/mol. The van der Waals surface area contributed by atoms with Crippen LogP contribution in [0.5, 0.6) is 0 Å². The third-order valence-electron chi connectivity index (χ3n) is 13.0. The number of ketones is 1. The maximum atomic E-state index is 12.2. The Labute approximate surface area is 320 Å². The van der Waals surface area contributed by atoms with E-state index >= 15 is 0 Å². The summed E-state index contributed by atoms with van der Waals surface area (Å²) in [6, 6.07) is 0. The van der Waals surface area contributed by atoms with Gasteiger partial charge in [0.2, 0.25) is 0 Å². The zero-order valence-corrected chi connectivity index (χ0v) is 37.0. The van der Waals surface area contributed by atoms with Crippen LogP contribution in [-0.2, 0) is 9.53 Å². The van der Waals surface area contributed by atoms with Crippen molar-refractivity contribution in [2.24, 2.45) is 47.3 Å². The van der Waals surface area contributed by atoms with Crippen LogP contribution in [0.25, 0.3) is 0 Å². The van der Waals surface area contributed by atoms with E-state index in [1.807, 2.05) is 83.1 Å². The Morgan fingerprint density at radius 1 is 0.420 bits per heavy atom. The minimum absolute atomic E-state index is 0.497. The molecule has 3 saturated heterocycles. The van der Waals surface area contributed by atoms with E-state index in [0.717, 1.165) is 46.0 Å². The van der Waals surface area contributed by atoms with Crippen molar-refractivity contribution in [1.29, 1.82) is 0 Å². The van der Waals surface area contributed by atoms with Crippen LogP contribution in [0, 0.1) is 47.3 Å². The molecule has 2 nitrogen and oxygen atoms in total. The first-order chi connectivity index (χ1) is 24.7. The summed E-state index contributed by atoms with van der Waals surface area (Å²) in [5.74, 6) is 7.62. The molecule has 10 rings (SSSR count).